The molecule has 0 aliphatic carbocycles. The van der Waals surface area contributed by atoms with Gasteiger partial charge in [0.1, 0.15) is 0 Å². The molecule has 26 heavy (non-hydrogen) atoms. The van der Waals surface area contributed by atoms with Gasteiger partial charge in [-0.15, -0.1) is 0 Å². The SMILES string of the molecule is COc1cc(C(=O)/C=C/c2cccc(NC(C)=O)c2)cc(OC)c1OC. The normalized spacial score (nSPS) is 10.5. The van der Waals surface area contributed by atoms with Gasteiger partial charge in [0.2, 0.25) is 11.7 Å². The Balaban J connectivity index is 2.27. The minimum absolute atomic E-state index is 0.153. The van der Waals surface area contributed by atoms with Crippen LogP contribution in [0.15, 0.2) is 42.5 Å². The van der Waals surface area contributed by atoms with Crippen molar-refractivity contribution in [3.05, 3.63) is 53.6 Å². The number of carbonyl (C=O) groups excluding carboxylic acids is 2. The number of allylic oxidation sites excluding steroid dienone is 1. The van der Waals surface area contributed by atoms with Crippen molar-refractivity contribution >= 4 is 23.5 Å². The number of hydrogen-bond donors (Lipinski definition) is 1. The van der Waals surface area contributed by atoms with Gasteiger partial charge in [0.15, 0.2) is 17.3 Å². The number of nitrogens with one attached hydrogen (secondary N) is 1. The Morgan fingerprint density at radius 2 is 1.62 bits per heavy atom. The van der Waals surface area contributed by atoms with Gasteiger partial charge >= 0.3 is 0 Å². The maximum Gasteiger partial charge on any atom is 0.221 e. The molecule has 0 bridgehead atoms. The topological polar surface area (TPSA) is 73.9 Å². The number of ketones is 1. The van der Waals surface area contributed by atoms with Gasteiger partial charge in [-0.2, -0.15) is 0 Å². The molecule has 0 aromatic heterocycles. The molecule has 136 valence electrons. The lowest BCUT2D eigenvalue weighted by molar-refractivity contribution is -0.114. The monoisotopic (exact) mass is 355 g/mol. The van der Waals surface area contributed by atoms with Crippen molar-refractivity contribution in [3.8, 4) is 17.2 Å². The highest BCUT2D eigenvalue weighted by Crippen LogP contribution is 2.38. The lowest BCUT2D eigenvalue weighted by atomic mass is 10.1. The van der Waals surface area contributed by atoms with Crippen LogP contribution in [0.1, 0.15) is 22.8 Å². The molecular weight excluding hydrogens is 334 g/mol. The average molecular weight is 355 g/mol. The van der Waals surface area contributed by atoms with Gasteiger partial charge in [0.25, 0.3) is 0 Å². The number of carbonyl (C=O) groups is 2. The number of amides is 1. The zero-order valence-electron chi connectivity index (χ0n) is 15.2. The first-order valence-electron chi connectivity index (χ1n) is 7.88. The van der Waals surface area contributed by atoms with Gasteiger partial charge in [0.05, 0.1) is 21.3 Å². The van der Waals surface area contributed by atoms with E-state index in [1.807, 2.05) is 6.07 Å². The van der Waals surface area contributed by atoms with Crippen molar-refractivity contribution in [1.29, 1.82) is 0 Å². The number of hydrogen-bond acceptors (Lipinski definition) is 5. The third-order valence-corrected chi connectivity index (χ3v) is 3.58. The Labute approximate surface area is 152 Å². The molecular formula is C20H21NO5. The first-order valence-corrected chi connectivity index (χ1v) is 7.88. The number of benzene rings is 2. The number of ether oxygens (including phenoxy) is 3. The maximum atomic E-state index is 12.5. The van der Waals surface area contributed by atoms with E-state index in [4.69, 9.17) is 14.2 Å². The van der Waals surface area contributed by atoms with Crippen LogP contribution in [0.4, 0.5) is 5.69 Å². The molecule has 2 aromatic rings. The lowest BCUT2D eigenvalue weighted by Gasteiger charge is -2.13. The molecule has 0 aliphatic rings. The second-order valence-electron chi connectivity index (χ2n) is 5.42. The molecule has 6 nitrogen and oxygen atoms in total. The minimum atomic E-state index is -0.214. The highest BCUT2D eigenvalue weighted by atomic mass is 16.5. The number of anilines is 1. The number of methoxy groups -OCH3 is 3. The zero-order valence-corrected chi connectivity index (χ0v) is 15.2. The van der Waals surface area contributed by atoms with Crippen molar-refractivity contribution in [3.63, 3.8) is 0 Å². The molecule has 2 aromatic carbocycles. The van der Waals surface area contributed by atoms with E-state index in [-0.39, 0.29) is 11.7 Å². The van der Waals surface area contributed by atoms with E-state index in [9.17, 15) is 9.59 Å². The Hall–Kier alpha value is -3.28. The summed E-state index contributed by atoms with van der Waals surface area (Å²) in [5.41, 5.74) is 1.87. The van der Waals surface area contributed by atoms with Crippen LogP contribution >= 0.6 is 0 Å². The molecule has 0 saturated carbocycles. The first kappa shape index (κ1) is 19.1. The molecule has 1 amide bonds. The van der Waals surface area contributed by atoms with Gasteiger partial charge < -0.3 is 19.5 Å². The van der Waals surface area contributed by atoms with Crippen LogP contribution in [-0.4, -0.2) is 33.0 Å². The van der Waals surface area contributed by atoms with Crippen LogP contribution in [0.5, 0.6) is 17.2 Å². The summed E-state index contributed by atoms with van der Waals surface area (Å²) in [5.74, 6) is 0.889. The summed E-state index contributed by atoms with van der Waals surface area (Å²) >= 11 is 0. The standard InChI is InChI=1S/C20H21NO5/c1-13(22)21-16-7-5-6-14(10-16)8-9-17(23)15-11-18(24-2)20(26-4)19(12-15)25-3/h5-12H,1-4H3,(H,21,22)/b9-8+. The van der Waals surface area contributed by atoms with E-state index < -0.39 is 0 Å². The van der Waals surface area contributed by atoms with Gasteiger partial charge in [-0.05, 0) is 35.9 Å². The van der Waals surface area contributed by atoms with Crippen molar-refractivity contribution in [1.82, 2.24) is 0 Å². The fourth-order valence-electron chi connectivity index (χ4n) is 2.41. The number of rotatable bonds is 7. The average Bonchev–Trinajstić information content (AvgIpc) is 2.64. The summed E-state index contributed by atoms with van der Waals surface area (Å²) in [7, 11) is 4.49. The minimum Gasteiger partial charge on any atom is -0.493 e. The molecule has 1 N–H and O–H groups in total. The Kier molecular flexibility index (Phi) is 6.38. The molecule has 2 rings (SSSR count). The van der Waals surface area contributed by atoms with E-state index in [1.165, 1.54) is 34.3 Å². The van der Waals surface area contributed by atoms with Crippen LogP contribution in [0.25, 0.3) is 6.08 Å². The largest absolute Gasteiger partial charge is 0.493 e. The summed E-state index contributed by atoms with van der Waals surface area (Å²) in [6, 6.07) is 10.4. The van der Waals surface area contributed by atoms with Crippen LogP contribution in [0.2, 0.25) is 0 Å². The van der Waals surface area contributed by atoms with Crippen molar-refractivity contribution in [2.24, 2.45) is 0 Å². The first-order chi connectivity index (χ1) is 12.5. The fourth-order valence-corrected chi connectivity index (χ4v) is 2.41. The molecule has 0 heterocycles. The third kappa shape index (κ3) is 4.63. The summed E-state index contributed by atoms with van der Waals surface area (Å²) in [6.45, 7) is 1.44. The molecule has 0 unspecified atom stereocenters. The summed E-state index contributed by atoms with van der Waals surface area (Å²) < 4.78 is 15.8. The summed E-state index contributed by atoms with van der Waals surface area (Å²) in [4.78, 5) is 23.6. The van der Waals surface area contributed by atoms with Gasteiger partial charge in [-0.25, -0.2) is 0 Å². The molecule has 0 radical (unpaired) electrons. The molecule has 0 saturated heterocycles. The molecule has 0 atom stereocenters. The highest BCUT2D eigenvalue weighted by Gasteiger charge is 2.15. The third-order valence-electron chi connectivity index (χ3n) is 3.58. The van der Waals surface area contributed by atoms with Gasteiger partial charge in [0, 0.05) is 18.2 Å². The summed E-state index contributed by atoms with van der Waals surface area (Å²) in [5, 5.41) is 2.70. The highest BCUT2D eigenvalue weighted by molar-refractivity contribution is 6.07. The van der Waals surface area contributed by atoms with Crippen molar-refractivity contribution < 1.29 is 23.8 Å². The predicted molar refractivity (Wildman–Crippen MR) is 100 cm³/mol. The van der Waals surface area contributed by atoms with E-state index in [0.717, 1.165) is 5.56 Å². The van der Waals surface area contributed by atoms with Crippen molar-refractivity contribution in [2.45, 2.75) is 6.92 Å². The predicted octanol–water partition coefficient (Wildman–Crippen LogP) is 3.57. The molecule has 0 aliphatic heterocycles. The van der Waals surface area contributed by atoms with E-state index in [2.05, 4.69) is 5.32 Å². The fraction of sp³-hybridized carbons (Fsp3) is 0.200. The Morgan fingerprint density at radius 1 is 0.962 bits per heavy atom. The van der Waals surface area contributed by atoms with Crippen molar-refractivity contribution in [2.75, 3.05) is 26.6 Å². The second-order valence-corrected chi connectivity index (χ2v) is 5.42. The summed E-state index contributed by atoms with van der Waals surface area (Å²) in [6.07, 6.45) is 3.13. The maximum absolute atomic E-state index is 12.5. The van der Waals surface area contributed by atoms with Crippen LogP contribution in [0.3, 0.4) is 0 Å². The quantitative estimate of drug-likeness (QED) is 0.607. The van der Waals surface area contributed by atoms with Crippen LogP contribution in [-0.2, 0) is 4.79 Å². The van der Waals surface area contributed by atoms with Crippen LogP contribution in [0, 0.1) is 0 Å². The van der Waals surface area contributed by atoms with Crippen LogP contribution < -0.4 is 19.5 Å². The zero-order chi connectivity index (χ0) is 19.1. The lowest BCUT2D eigenvalue weighted by Crippen LogP contribution is -2.05. The van der Waals surface area contributed by atoms with Gasteiger partial charge in [-0.1, -0.05) is 18.2 Å². The van der Waals surface area contributed by atoms with E-state index in [1.54, 1.807) is 36.4 Å². The van der Waals surface area contributed by atoms with E-state index in [0.29, 0.717) is 28.5 Å². The Morgan fingerprint density at radius 3 is 2.15 bits per heavy atom. The Bertz CT molecular complexity index is 817. The smallest absolute Gasteiger partial charge is 0.221 e. The molecule has 0 fully saturated rings. The van der Waals surface area contributed by atoms with E-state index >= 15 is 0 Å². The molecule has 6 heteroatoms. The molecule has 0 spiro atoms. The van der Waals surface area contributed by atoms with Gasteiger partial charge in [-0.3, -0.25) is 9.59 Å². The second kappa shape index (κ2) is 8.71.